The van der Waals surface area contributed by atoms with Gasteiger partial charge in [0.2, 0.25) is 5.91 Å². The predicted octanol–water partition coefficient (Wildman–Crippen LogP) is 4.22. The van der Waals surface area contributed by atoms with E-state index in [-0.39, 0.29) is 17.9 Å². The Bertz CT molecular complexity index is 1600. The maximum Gasteiger partial charge on any atom is 0.272 e. The number of fused-ring (bicyclic) bond motifs is 3. The Morgan fingerprint density at radius 3 is 2.51 bits per heavy atom. The highest BCUT2D eigenvalue weighted by Gasteiger charge is 2.31. The fraction of sp³-hybridized carbons (Fsp3) is 0.214. The van der Waals surface area contributed by atoms with Crippen LogP contribution < -0.4 is 15.8 Å². The molecule has 0 bridgehead atoms. The van der Waals surface area contributed by atoms with E-state index >= 15 is 0 Å². The monoisotopic (exact) mass is 565 g/mol. The van der Waals surface area contributed by atoms with E-state index < -0.39 is 17.9 Å². The number of amides is 2. The van der Waals surface area contributed by atoms with E-state index in [1.54, 1.807) is 49.2 Å². The average Bonchev–Trinajstić information content (AvgIpc) is 3.32. The van der Waals surface area contributed by atoms with Crippen molar-refractivity contribution < 1.29 is 19.4 Å². The molecular formula is C28H25Cl2N5O4. The molecule has 39 heavy (non-hydrogen) atoms. The van der Waals surface area contributed by atoms with Crippen LogP contribution in [-0.2, 0) is 12.8 Å². The maximum atomic E-state index is 13.2. The number of rotatable bonds is 7. The van der Waals surface area contributed by atoms with Gasteiger partial charge in [-0.25, -0.2) is 4.68 Å². The van der Waals surface area contributed by atoms with E-state index in [1.165, 1.54) is 6.20 Å². The molecule has 0 radical (unpaired) electrons. The van der Waals surface area contributed by atoms with Gasteiger partial charge in [-0.15, -0.1) is 0 Å². The number of aliphatic hydroxyl groups is 1. The molecule has 0 saturated heterocycles. The van der Waals surface area contributed by atoms with Crippen LogP contribution in [0.4, 0.5) is 0 Å². The normalized spacial score (nSPS) is 12.8. The van der Waals surface area contributed by atoms with Crippen LogP contribution in [0.25, 0.3) is 28.1 Å². The summed E-state index contributed by atoms with van der Waals surface area (Å²) < 4.78 is 7.38. The van der Waals surface area contributed by atoms with Gasteiger partial charge in [-0.3, -0.25) is 14.6 Å². The smallest absolute Gasteiger partial charge is 0.272 e. The van der Waals surface area contributed by atoms with Crippen molar-refractivity contribution in [2.45, 2.75) is 25.8 Å². The standard InChI is InChI=1S/C28H25Cl2N5O4/c1-14(13-36)33-28(38)25-21-4-3-15-6-24(39-2)22(16-5-17(27(31)37)12-32-11-16)10-23(15)26(21)35(34-25)20-8-18(29)7-19(30)9-20/h5-12,14,36H,3-4,13H2,1-2H3,(H2,31,37)(H,33,38). The van der Waals surface area contributed by atoms with Crippen LogP contribution in [0.3, 0.4) is 0 Å². The molecule has 1 aliphatic rings. The van der Waals surface area contributed by atoms with Crippen LogP contribution in [0, 0.1) is 0 Å². The molecule has 9 nitrogen and oxygen atoms in total. The minimum Gasteiger partial charge on any atom is -0.496 e. The van der Waals surface area contributed by atoms with Crippen molar-refractivity contribution in [3.05, 3.63) is 81.2 Å². The molecule has 0 spiro atoms. The van der Waals surface area contributed by atoms with Crippen molar-refractivity contribution in [2.24, 2.45) is 5.73 Å². The van der Waals surface area contributed by atoms with Crippen LogP contribution in [0.1, 0.15) is 38.9 Å². The summed E-state index contributed by atoms with van der Waals surface area (Å²) in [5.74, 6) is -0.380. The van der Waals surface area contributed by atoms with Crippen LogP contribution in [0.5, 0.6) is 5.75 Å². The zero-order chi connectivity index (χ0) is 27.8. The molecule has 0 fully saturated rings. The molecule has 2 aromatic heterocycles. The summed E-state index contributed by atoms with van der Waals surface area (Å²) in [6, 6.07) is 10.2. The summed E-state index contributed by atoms with van der Waals surface area (Å²) in [6.45, 7) is 1.50. The number of primary amides is 1. The molecule has 1 unspecified atom stereocenters. The number of nitrogens with zero attached hydrogens (tertiary/aromatic N) is 3. The number of benzene rings is 2. The molecule has 200 valence electrons. The van der Waals surface area contributed by atoms with Crippen LogP contribution in [0.15, 0.2) is 48.8 Å². The van der Waals surface area contributed by atoms with E-state index in [1.807, 2.05) is 12.1 Å². The first-order valence-corrected chi connectivity index (χ1v) is 12.9. The summed E-state index contributed by atoms with van der Waals surface area (Å²) in [7, 11) is 1.58. The number of aliphatic hydroxyl groups excluding tert-OH is 1. The Balaban J connectivity index is 1.76. The Morgan fingerprint density at radius 2 is 1.85 bits per heavy atom. The number of ether oxygens (including phenoxy) is 1. The van der Waals surface area contributed by atoms with Gasteiger partial charge in [0.25, 0.3) is 5.91 Å². The van der Waals surface area contributed by atoms with E-state index in [2.05, 4.69) is 10.3 Å². The number of pyridine rings is 1. The number of nitrogens with one attached hydrogen (secondary N) is 1. The molecule has 4 N–H and O–H groups in total. The molecule has 5 rings (SSSR count). The molecule has 0 saturated carbocycles. The maximum absolute atomic E-state index is 13.2. The van der Waals surface area contributed by atoms with E-state index in [0.29, 0.717) is 51.1 Å². The van der Waals surface area contributed by atoms with Crippen molar-refractivity contribution in [3.63, 3.8) is 0 Å². The highest BCUT2D eigenvalue weighted by molar-refractivity contribution is 6.34. The van der Waals surface area contributed by atoms with Gasteiger partial charge in [0.05, 0.1) is 30.7 Å². The lowest BCUT2D eigenvalue weighted by molar-refractivity contribution is 0.0915. The van der Waals surface area contributed by atoms with Gasteiger partial charge in [-0.2, -0.15) is 5.10 Å². The number of hydrogen-bond donors (Lipinski definition) is 3. The number of nitrogens with two attached hydrogens (primary N) is 1. The first-order valence-electron chi connectivity index (χ1n) is 12.2. The summed E-state index contributed by atoms with van der Waals surface area (Å²) in [5, 5.41) is 17.8. The Labute approximate surface area is 234 Å². The van der Waals surface area contributed by atoms with E-state index in [4.69, 9.17) is 38.8 Å². The van der Waals surface area contributed by atoms with Crippen molar-refractivity contribution in [2.75, 3.05) is 13.7 Å². The number of carbonyl (C=O) groups is 2. The minimum atomic E-state index is -0.591. The van der Waals surface area contributed by atoms with E-state index in [0.717, 1.165) is 16.7 Å². The predicted molar refractivity (Wildman–Crippen MR) is 149 cm³/mol. The second kappa shape index (κ2) is 10.7. The lowest BCUT2D eigenvalue weighted by Gasteiger charge is -2.22. The minimum absolute atomic E-state index is 0.205. The lowest BCUT2D eigenvalue weighted by atomic mass is 9.86. The van der Waals surface area contributed by atoms with Crippen LogP contribution in [0.2, 0.25) is 10.0 Å². The first kappa shape index (κ1) is 26.7. The fourth-order valence-corrected chi connectivity index (χ4v) is 5.27. The number of carbonyl (C=O) groups excluding carboxylic acids is 2. The van der Waals surface area contributed by atoms with Gasteiger partial charge < -0.3 is 20.9 Å². The number of aromatic nitrogens is 3. The molecule has 2 aromatic carbocycles. The van der Waals surface area contributed by atoms with Gasteiger partial charge in [-0.05, 0) is 61.7 Å². The van der Waals surface area contributed by atoms with Gasteiger partial charge in [-0.1, -0.05) is 23.2 Å². The van der Waals surface area contributed by atoms with Gasteiger partial charge in [0, 0.05) is 50.7 Å². The SMILES string of the molecule is COc1cc2c(cc1-c1cncc(C(N)=O)c1)-c1c(c(C(=O)NC(C)CO)nn1-c1cc(Cl)cc(Cl)c1)CC2. The topological polar surface area (TPSA) is 132 Å². The summed E-state index contributed by atoms with van der Waals surface area (Å²) >= 11 is 12.7. The third kappa shape index (κ3) is 5.08. The fourth-order valence-electron chi connectivity index (χ4n) is 4.76. The number of halogens is 2. The largest absolute Gasteiger partial charge is 0.496 e. The third-order valence-corrected chi connectivity index (χ3v) is 7.04. The molecular weight excluding hydrogens is 541 g/mol. The third-order valence-electron chi connectivity index (χ3n) is 6.60. The molecule has 0 aliphatic heterocycles. The molecule has 1 atom stereocenters. The number of methoxy groups -OCH3 is 1. The zero-order valence-corrected chi connectivity index (χ0v) is 22.7. The van der Waals surface area contributed by atoms with Crippen molar-refractivity contribution in [1.82, 2.24) is 20.1 Å². The highest BCUT2D eigenvalue weighted by atomic mass is 35.5. The number of aryl methyl sites for hydroxylation is 1. The Morgan fingerprint density at radius 1 is 1.10 bits per heavy atom. The van der Waals surface area contributed by atoms with Crippen molar-refractivity contribution in [1.29, 1.82) is 0 Å². The number of hydrogen-bond acceptors (Lipinski definition) is 6. The van der Waals surface area contributed by atoms with E-state index in [9.17, 15) is 14.7 Å². The first-order chi connectivity index (χ1) is 18.7. The summed E-state index contributed by atoms with van der Waals surface area (Å²) in [5.41, 5.74) is 11.2. The second-order valence-corrected chi connectivity index (χ2v) is 10.2. The van der Waals surface area contributed by atoms with Crippen LogP contribution in [-0.4, -0.2) is 51.4 Å². The Hall–Kier alpha value is -3.92. The van der Waals surface area contributed by atoms with Crippen LogP contribution >= 0.6 is 23.2 Å². The summed E-state index contributed by atoms with van der Waals surface area (Å²) in [4.78, 5) is 29.3. The molecule has 2 amide bonds. The Kier molecular flexibility index (Phi) is 7.31. The molecule has 1 aliphatic carbocycles. The van der Waals surface area contributed by atoms with Gasteiger partial charge >= 0.3 is 0 Å². The van der Waals surface area contributed by atoms with Crippen molar-refractivity contribution in [3.8, 4) is 33.8 Å². The highest BCUT2D eigenvalue weighted by Crippen LogP contribution is 2.43. The zero-order valence-electron chi connectivity index (χ0n) is 21.2. The van der Waals surface area contributed by atoms with Gasteiger partial charge in [0.1, 0.15) is 5.75 Å². The molecule has 4 aromatic rings. The molecule has 2 heterocycles. The summed E-state index contributed by atoms with van der Waals surface area (Å²) in [6.07, 6.45) is 4.22. The van der Waals surface area contributed by atoms with Gasteiger partial charge in [0.15, 0.2) is 5.69 Å². The lowest BCUT2D eigenvalue weighted by Crippen LogP contribution is -2.35. The molecule has 11 heteroatoms. The second-order valence-electron chi connectivity index (χ2n) is 9.31. The van der Waals surface area contributed by atoms with Crippen molar-refractivity contribution >= 4 is 35.0 Å². The average molecular weight is 566 g/mol. The quantitative estimate of drug-likeness (QED) is 0.307.